The van der Waals surface area contributed by atoms with Crippen LogP contribution in [0.15, 0.2) is 67.3 Å². The minimum absolute atomic E-state index is 0. The summed E-state index contributed by atoms with van der Waals surface area (Å²) >= 11 is 0. The van der Waals surface area contributed by atoms with E-state index in [4.69, 9.17) is 4.74 Å². The monoisotopic (exact) mass is 234 g/mol. The van der Waals surface area contributed by atoms with Gasteiger partial charge in [0, 0.05) is 0 Å². The Morgan fingerprint density at radius 2 is 1.65 bits per heavy atom. The van der Waals surface area contributed by atoms with Gasteiger partial charge in [-0.1, -0.05) is 42.5 Å². The van der Waals surface area contributed by atoms with E-state index in [0.717, 1.165) is 23.5 Å². The summed E-state index contributed by atoms with van der Waals surface area (Å²) in [4.78, 5) is 0. The van der Waals surface area contributed by atoms with Crippen molar-refractivity contribution in [3.8, 4) is 11.5 Å². The third-order valence-electron chi connectivity index (χ3n) is 2.31. The molecule has 2 aromatic rings. The number of benzene rings is 2. The van der Waals surface area contributed by atoms with Gasteiger partial charge in [0.05, 0.1) is 0 Å². The quantitative estimate of drug-likeness (QED) is 0.573. The second-order valence-corrected chi connectivity index (χ2v) is 3.52. The molecular formula is C15H15NaO. The van der Waals surface area contributed by atoms with E-state index in [2.05, 4.69) is 12.6 Å². The maximum absolute atomic E-state index is 5.81. The summed E-state index contributed by atoms with van der Waals surface area (Å²) in [5, 5.41) is 0. The Morgan fingerprint density at radius 3 is 2.35 bits per heavy atom. The van der Waals surface area contributed by atoms with Crippen LogP contribution in [0.3, 0.4) is 0 Å². The van der Waals surface area contributed by atoms with Crippen LogP contribution in [0, 0.1) is 0 Å². The minimum Gasteiger partial charge on any atom is -1.00 e. The largest absolute Gasteiger partial charge is 1.00 e. The molecule has 0 aliphatic heterocycles. The molecule has 17 heavy (non-hydrogen) atoms. The predicted octanol–water partition coefficient (Wildman–Crippen LogP) is 1.32. The fourth-order valence-corrected chi connectivity index (χ4v) is 1.54. The summed E-state index contributed by atoms with van der Waals surface area (Å²) in [6.45, 7) is 3.75. The molecule has 0 aliphatic rings. The molecule has 82 valence electrons. The molecule has 0 saturated heterocycles. The number of hydrogen-bond donors (Lipinski definition) is 0. The molecule has 2 aromatic carbocycles. The van der Waals surface area contributed by atoms with Crippen molar-refractivity contribution >= 4 is 0 Å². The SMILES string of the molecule is C=CCc1ccccc1Oc1ccccc1.[H-].[Na+]. The Kier molecular flexibility index (Phi) is 6.06. The molecule has 0 radical (unpaired) electrons. The van der Waals surface area contributed by atoms with E-state index in [-0.39, 0.29) is 31.0 Å². The standard InChI is InChI=1S/C15H14O.Na.H/c1-2-8-13-9-6-7-12-15(13)16-14-10-4-3-5-11-14;;/h2-7,9-12H,1,8H2;;/q;+1;-1. The first-order chi connectivity index (χ1) is 7.90. The first-order valence-corrected chi connectivity index (χ1v) is 5.32. The van der Waals surface area contributed by atoms with Gasteiger partial charge in [-0.3, -0.25) is 0 Å². The van der Waals surface area contributed by atoms with Crippen LogP contribution >= 0.6 is 0 Å². The van der Waals surface area contributed by atoms with Crippen LogP contribution < -0.4 is 34.3 Å². The summed E-state index contributed by atoms with van der Waals surface area (Å²) in [6, 6.07) is 17.8. The molecule has 0 saturated carbocycles. The number of allylic oxidation sites excluding steroid dienone is 1. The zero-order valence-corrected chi connectivity index (χ0v) is 12.1. The molecular weight excluding hydrogens is 219 g/mol. The van der Waals surface area contributed by atoms with Crippen LogP contribution in [0.5, 0.6) is 11.5 Å². The Morgan fingerprint density at radius 1 is 1.00 bits per heavy atom. The smallest absolute Gasteiger partial charge is 1.00 e. The van der Waals surface area contributed by atoms with Crippen molar-refractivity contribution in [1.29, 1.82) is 0 Å². The van der Waals surface area contributed by atoms with E-state index in [1.165, 1.54) is 0 Å². The van der Waals surface area contributed by atoms with Crippen LogP contribution in [0.2, 0.25) is 0 Å². The summed E-state index contributed by atoms with van der Waals surface area (Å²) in [5.74, 6) is 1.76. The molecule has 0 bridgehead atoms. The Labute approximate surface area is 126 Å². The number of hydrogen-bond acceptors (Lipinski definition) is 1. The molecule has 0 heterocycles. The van der Waals surface area contributed by atoms with Crippen LogP contribution in [0.25, 0.3) is 0 Å². The van der Waals surface area contributed by atoms with Gasteiger partial charge in [-0.2, -0.15) is 0 Å². The fourth-order valence-electron chi connectivity index (χ4n) is 1.54. The van der Waals surface area contributed by atoms with E-state index in [1.807, 2.05) is 54.6 Å². The van der Waals surface area contributed by atoms with Gasteiger partial charge in [-0.05, 0) is 30.2 Å². The third kappa shape index (κ3) is 4.04. The molecule has 0 aromatic heterocycles. The van der Waals surface area contributed by atoms with Crippen molar-refractivity contribution in [3.63, 3.8) is 0 Å². The number of para-hydroxylation sites is 2. The van der Waals surface area contributed by atoms with Gasteiger partial charge in [-0.15, -0.1) is 6.58 Å². The van der Waals surface area contributed by atoms with Crippen LogP contribution in [-0.4, -0.2) is 0 Å². The first-order valence-electron chi connectivity index (χ1n) is 5.32. The molecule has 0 N–H and O–H groups in total. The molecule has 1 nitrogen and oxygen atoms in total. The van der Waals surface area contributed by atoms with Crippen LogP contribution in [0.4, 0.5) is 0 Å². The third-order valence-corrected chi connectivity index (χ3v) is 2.31. The van der Waals surface area contributed by atoms with Crippen molar-refractivity contribution < 1.29 is 35.7 Å². The minimum atomic E-state index is 0. The number of ether oxygens (including phenoxy) is 1. The molecule has 0 atom stereocenters. The Bertz CT molecular complexity index is 471. The van der Waals surface area contributed by atoms with Crippen molar-refractivity contribution in [1.82, 2.24) is 0 Å². The Hall–Kier alpha value is -1.02. The van der Waals surface area contributed by atoms with Gasteiger partial charge in [0.15, 0.2) is 0 Å². The maximum Gasteiger partial charge on any atom is 1.00 e. The van der Waals surface area contributed by atoms with E-state index in [9.17, 15) is 0 Å². The van der Waals surface area contributed by atoms with Gasteiger partial charge < -0.3 is 6.16 Å². The second-order valence-electron chi connectivity index (χ2n) is 3.52. The zero-order valence-electron chi connectivity index (χ0n) is 11.1. The van der Waals surface area contributed by atoms with E-state index in [0.29, 0.717) is 0 Å². The summed E-state index contributed by atoms with van der Waals surface area (Å²) in [5.41, 5.74) is 1.15. The van der Waals surface area contributed by atoms with Crippen molar-refractivity contribution in [2.75, 3.05) is 0 Å². The van der Waals surface area contributed by atoms with Crippen molar-refractivity contribution in [2.45, 2.75) is 6.42 Å². The topological polar surface area (TPSA) is 9.23 Å². The van der Waals surface area contributed by atoms with Gasteiger partial charge in [-0.25, -0.2) is 0 Å². The summed E-state index contributed by atoms with van der Waals surface area (Å²) in [6.07, 6.45) is 2.70. The van der Waals surface area contributed by atoms with Gasteiger partial charge in [0.1, 0.15) is 11.5 Å². The second kappa shape index (κ2) is 7.33. The average Bonchev–Trinajstić information content (AvgIpc) is 2.33. The number of rotatable bonds is 4. The van der Waals surface area contributed by atoms with Crippen LogP contribution in [-0.2, 0) is 6.42 Å². The molecule has 0 fully saturated rings. The molecule has 0 spiro atoms. The van der Waals surface area contributed by atoms with Crippen molar-refractivity contribution in [3.05, 3.63) is 72.8 Å². The van der Waals surface area contributed by atoms with Crippen LogP contribution in [0.1, 0.15) is 6.99 Å². The fraction of sp³-hybridized carbons (Fsp3) is 0.0667. The van der Waals surface area contributed by atoms with Gasteiger partial charge in [0.25, 0.3) is 0 Å². The molecule has 0 amide bonds. The molecule has 2 rings (SSSR count). The van der Waals surface area contributed by atoms with E-state index >= 15 is 0 Å². The van der Waals surface area contributed by atoms with Gasteiger partial charge in [0.2, 0.25) is 0 Å². The summed E-state index contributed by atoms with van der Waals surface area (Å²) < 4.78 is 5.81. The molecule has 0 unspecified atom stereocenters. The summed E-state index contributed by atoms with van der Waals surface area (Å²) in [7, 11) is 0. The van der Waals surface area contributed by atoms with Gasteiger partial charge >= 0.3 is 29.6 Å². The zero-order chi connectivity index (χ0) is 11.2. The van der Waals surface area contributed by atoms with E-state index in [1.54, 1.807) is 0 Å². The Balaban J connectivity index is 0.00000144. The molecule has 2 heteroatoms. The van der Waals surface area contributed by atoms with E-state index < -0.39 is 0 Å². The molecule has 0 aliphatic carbocycles. The maximum atomic E-state index is 5.81. The average molecular weight is 234 g/mol. The predicted molar refractivity (Wildman–Crippen MR) is 68.0 cm³/mol. The normalized spacial score (nSPS) is 9.18. The first kappa shape index (κ1) is 14.0. The van der Waals surface area contributed by atoms with Crippen molar-refractivity contribution in [2.24, 2.45) is 0 Å².